The van der Waals surface area contributed by atoms with E-state index in [4.69, 9.17) is 10.8 Å². The van der Waals surface area contributed by atoms with E-state index in [0.717, 1.165) is 12.1 Å². The van der Waals surface area contributed by atoms with Crippen molar-refractivity contribution in [3.63, 3.8) is 0 Å². The maximum Gasteiger partial charge on any atom is 0.416 e. The Hall–Kier alpha value is -2.57. The van der Waals surface area contributed by atoms with E-state index >= 15 is 0 Å². The summed E-state index contributed by atoms with van der Waals surface area (Å²) in [4.78, 5) is 14.7. The molecule has 0 saturated carbocycles. The third-order valence-electron chi connectivity index (χ3n) is 2.62. The fraction of sp³-hybridized carbons (Fsp3) is 0.0769. The molecule has 0 fully saturated rings. The first kappa shape index (κ1) is 13.9. The van der Waals surface area contributed by atoms with Gasteiger partial charge in [-0.25, -0.2) is 9.78 Å². The molecule has 0 spiro atoms. The number of aromatic nitrogens is 1. The first-order valence-electron chi connectivity index (χ1n) is 5.46. The molecular formula is C13H9F3N2O2. The summed E-state index contributed by atoms with van der Waals surface area (Å²) in [5.41, 5.74) is 4.34. The molecule has 1 heterocycles. The van der Waals surface area contributed by atoms with Crippen molar-refractivity contribution < 1.29 is 23.1 Å². The van der Waals surface area contributed by atoms with Crippen LogP contribution in [0.2, 0.25) is 0 Å². The molecule has 0 bridgehead atoms. The molecule has 3 N–H and O–H groups in total. The molecule has 0 amide bonds. The number of carboxylic acids is 1. The van der Waals surface area contributed by atoms with Crippen molar-refractivity contribution in [2.45, 2.75) is 6.18 Å². The molecule has 0 radical (unpaired) electrons. The van der Waals surface area contributed by atoms with Crippen molar-refractivity contribution in [3.8, 4) is 11.1 Å². The first-order chi connectivity index (χ1) is 9.29. The molecule has 2 rings (SSSR count). The number of carboxylic acid groups (broad SMARTS) is 1. The van der Waals surface area contributed by atoms with Crippen molar-refractivity contribution in [3.05, 3.63) is 47.7 Å². The van der Waals surface area contributed by atoms with Crippen molar-refractivity contribution in [1.82, 2.24) is 4.98 Å². The number of benzene rings is 1. The molecule has 20 heavy (non-hydrogen) atoms. The van der Waals surface area contributed by atoms with Crippen LogP contribution < -0.4 is 5.73 Å². The smallest absolute Gasteiger partial charge is 0.416 e. The number of nitrogens with two attached hydrogens (primary N) is 1. The minimum atomic E-state index is -4.50. The summed E-state index contributed by atoms with van der Waals surface area (Å²) in [7, 11) is 0. The Balaban J connectivity index is 2.60. The highest BCUT2D eigenvalue weighted by Crippen LogP contribution is 2.33. The van der Waals surface area contributed by atoms with Gasteiger partial charge in [-0.2, -0.15) is 13.2 Å². The Kier molecular flexibility index (Phi) is 3.35. The van der Waals surface area contributed by atoms with Crippen molar-refractivity contribution >= 4 is 11.8 Å². The van der Waals surface area contributed by atoms with Crippen molar-refractivity contribution in [2.24, 2.45) is 0 Å². The molecule has 1 aromatic carbocycles. The molecule has 0 aliphatic rings. The normalized spacial score (nSPS) is 11.3. The highest BCUT2D eigenvalue weighted by molar-refractivity contribution is 5.94. The Morgan fingerprint density at radius 2 is 1.90 bits per heavy atom. The lowest BCUT2D eigenvalue weighted by Gasteiger charge is -2.10. The van der Waals surface area contributed by atoms with Crippen LogP contribution in [0.25, 0.3) is 11.1 Å². The van der Waals surface area contributed by atoms with E-state index in [1.165, 1.54) is 24.3 Å². The van der Waals surface area contributed by atoms with Crippen LogP contribution in [0, 0.1) is 0 Å². The quantitative estimate of drug-likeness (QED) is 0.887. The Labute approximate surface area is 111 Å². The van der Waals surface area contributed by atoms with E-state index < -0.39 is 17.7 Å². The molecule has 7 heteroatoms. The molecule has 0 aliphatic heterocycles. The van der Waals surface area contributed by atoms with Gasteiger partial charge < -0.3 is 10.8 Å². The maximum atomic E-state index is 12.7. The van der Waals surface area contributed by atoms with Crippen LogP contribution in [0.5, 0.6) is 0 Å². The van der Waals surface area contributed by atoms with E-state index in [9.17, 15) is 18.0 Å². The van der Waals surface area contributed by atoms with Gasteiger partial charge >= 0.3 is 12.1 Å². The largest absolute Gasteiger partial charge is 0.476 e. The zero-order valence-corrected chi connectivity index (χ0v) is 9.98. The van der Waals surface area contributed by atoms with E-state index in [1.54, 1.807) is 0 Å². The molecule has 1 aromatic heterocycles. The minimum absolute atomic E-state index is 0.0156. The van der Waals surface area contributed by atoms with Gasteiger partial charge in [-0.05, 0) is 29.8 Å². The lowest BCUT2D eigenvalue weighted by Crippen LogP contribution is -2.07. The third kappa shape index (κ3) is 2.71. The number of hydrogen-bond donors (Lipinski definition) is 2. The van der Waals surface area contributed by atoms with Crippen molar-refractivity contribution in [2.75, 3.05) is 5.73 Å². The van der Waals surface area contributed by atoms with Gasteiger partial charge in [0, 0.05) is 5.56 Å². The average Bonchev–Trinajstić information content (AvgIpc) is 2.37. The second-order valence-corrected chi connectivity index (χ2v) is 4.02. The van der Waals surface area contributed by atoms with E-state index in [1.807, 2.05) is 0 Å². The van der Waals surface area contributed by atoms with Crippen LogP contribution in [-0.2, 0) is 6.18 Å². The highest BCUT2D eigenvalue weighted by Gasteiger charge is 2.30. The first-order valence-corrected chi connectivity index (χ1v) is 5.46. The van der Waals surface area contributed by atoms with Gasteiger partial charge in [0.05, 0.1) is 5.56 Å². The number of rotatable bonds is 2. The molecule has 0 atom stereocenters. The minimum Gasteiger partial charge on any atom is -0.476 e. The second kappa shape index (κ2) is 4.84. The van der Waals surface area contributed by atoms with Crippen LogP contribution in [-0.4, -0.2) is 16.1 Å². The van der Waals surface area contributed by atoms with Gasteiger partial charge in [0.2, 0.25) is 0 Å². The SMILES string of the molecule is Nc1ccc(-c2cccc(C(F)(F)F)c2)c(C(=O)O)n1. The lowest BCUT2D eigenvalue weighted by atomic mass is 10.0. The summed E-state index contributed by atoms with van der Waals surface area (Å²) < 4.78 is 38.0. The average molecular weight is 282 g/mol. The Morgan fingerprint density at radius 1 is 1.20 bits per heavy atom. The predicted molar refractivity (Wildman–Crippen MR) is 66.0 cm³/mol. The van der Waals surface area contributed by atoms with Crippen LogP contribution in [0.4, 0.5) is 19.0 Å². The highest BCUT2D eigenvalue weighted by atomic mass is 19.4. The van der Waals surface area contributed by atoms with E-state index in [-0.39, 0.29) is 22.6 Å². The number of anilines is 1. The van der Waals surface area contributed by atoms with Gasteiger partial charge in [0.1, 0.15) is 5.82 Å². The van der Waals surface area contributed by atoms with Gasteiger partial charge in [0.25, 0.3) is 0 Å². The van der Waals surface area contributed by atoms with Crippen LogP contribution in [0.3, 0.4) is 0 Å². The van der Waals surface area contributed by atoms with E-state index in [0.29, 0.717) is 0 Å². The molecular weight excluding hydrogens is 273 g/mol. The topological polar surface area (TPSA) is 76.2 Å². The number of alkyl halides is 3. The summed E-state index contributed by atoms with van der Waals surface area (Å²) in [5, 5.41) is 9.04. The number of nitrogen functional groups attached to an aromatic ring is 1. The lowest BCUT2D eigenvalue weighted by molar-refractivity contribution is -0.137. The molecule has 2 aromatic rings. The molecule has 0 aliphatic carbocycles. The fourth-order valence-corrected chi connectivity index (χ4v) is 1.73. The number of carbonyl (C=O) groups is 1. The predicted octanol–water partition coefficient (Wildman–Crippen LogP) is 3.05. The third-order valence-corrected chi connectivity index (χ3v) is 2.62. The maximum absolute atomic E-state index is 12.7. The molecule has 104 valence electrons. The number of halogens is 3. The standard InChI is InChI=1S/C13H9F3N2O2/c14-13(15,16)8-3-1-2-7(6-8)9-4-5-10(17)18-11(9)12(19)20/h1-6H,(H2,17,18)(H,19,20). The van der Waals surface area contributed by atoms with E-state index in [2.05, 4.69) is 4.98 Å². The monoisotopic (exact) mass is 282 g/mol. The van der Waals surface area contributed by atoms with Gasteiger partial charge in [-0.1, -0.05) is 12.1 Å². The number of hydrogen-bond acceptors (Lipinski definition) is 3. The summed E-state index contributed by atoms with van der Waals surface area (Å²) in [6.45, 7) is 0. The molecule has 0 saturated heterocycles. The number of pyridine rings is 1. The van der Waals surface area contributed by atoms with Crippen LogP contribution >= 0.6 is 0 Å². The summed E-state index contributed by atoms with van der Waals surface area (Å²) in [5.74, 6) is -1.37. The Bertz CT molecular complexity index is 669. The second-order valence-electron chi connectivity index (χ2n) is 4.02. The van der Waals surface area contributed by atoms with Crippen molar-refractivity contribution in [1.29, 1.82) is 0 Å². The summed E-state index contributed by atoms with van der Waals surface area (Å²) in [6.07, 6.45) is -4.50. The fourth-order valence-electron chi connectivity index (χ4n) is 1.73. The number of nitrogens with zero attached hydrogens (tertiary/aromatic N) is 1. The summed E-state index contributed by atoms with van der Waals surface area (Å²) >= 11 is 0. The zero-order valence-electron chi connectivity index (χ0n) is 9.98. The molecule has 0 unspecified atom stereocenters. The van der Waals surface area contributed by atoms with Crippen LogP contribution in [0.1, 0.15) is 16.1 Å². The van der Waals surface area contributed by atoms with Gasteiger partial charge in [-0.3, -0.25) is 0 Å². The van der Waals surface area contributed by atoms with Gasteiger partial charge in [0.15, 0.2) is 5.69 Å². The molecule has 4 nitrogen and oxygen atoms in total. The van der Waals surface area contributed by atoms with Crippen LogP contribution in [0.15, 0.2) is 36.4 Å². The zero-order chi connectivity index (χ0) is 14.9. The summed E-state index contributed by atoms with van der Waals surface area (Å²) in [6, 6.07) is 7.05. The Morgan fingerprint density at radius 3 is 2.50 bits per heavy atom. The van der Waals surface area contributed by atoms with Gasteiger partial charge in [-0.15, -0.1) is 0 Å². The number of aromatic carboxylic acids is 1.